The van der Waals surface area contributed by atoms with Gasteiger partial charge >= 0.3 is 5.97 Å². The highest BCUT2D eigenvalue weighted by molar-refractivity contribution is 9.10. The minimum absolute atomic E-state index is 0.128. The predicted octanol–water partition coefficient (Wildman–Crippen LogP) is 5.26. The molecule has 0 fully saturated rings. The van der Waals surface area contributed by atoms with Crippen LogP contribution >= 0.6 is 15.9 Å². The molecule has 0 unspecified atom stereocenters. The largest absolute Gasteiger partial charge is 0.462 e. The number of benzene rings is 1. The second-order valence-electron chi connectivity index (χ2n) is 5.21. The molecule has 0 bridgehead atoms. The number of nitro groups is 1. The summed E-state index contributed by atoms with van der Waals surface area (Å²) in [5.41, 5.74) is 0.0706. The van der Waals surface area contributed by atoms with Crippen LogP contribution in [0.3, 0.4) is 0 Å². The van der Waals surface area contributed by atoms with Crippen molar-refractivity contribution < 1.29 is 14.5 Å². The van der Waals surface area contributed by atoms with Gasteiger partial charge in [0.05, 0.1) is 17.1 Å². The van der Waals surface area contributed by atoms with Crippen molar-refractivity contribution in [2.75, 3.05) is 6.61 Å². The van der Waals surface area contributed by atoms with Crippen molar-refractivity contribution in [1.29, 1.82) is 0 Å². The number of rotatable bonds is 10. The van der Waals surface area contributed by atoms with E-state index in [9.17, 15) is 14.9 Å². The molecule has 1 rings (SSSR count). The van der Waals surface area contributed by atoms with Crippen molar-refractivity contribution in [2.45, 2.75) is 51.9 Å². The molecule has 0 spiro atoms. The molecule has 0 aliphatic carbocycles. The quantitative estimate of drug-likeness (QED) is 0.243. The lowest BCUT2D eigenvalue weighted by molar-refractivity contribution is -0.385. The maximum atomic E-state index is 11.9. The second-order valence-corrected chi connectivity index (χ2v) is 6.13. The number of hydrogen-bond donors (Lipinski definition) is 0. The molecule has 0 heterocycles. The van der Waals surface area contributed by atoms with Gasteiger partial charge in [-0.25, -0.2) is 4.79 Å². The van der Waals surface area contributed by atoms with E-state index < -0.39 is 10.9 Å². The van der Waals surface area contributed by atoms with Gasteiger partial charge in [0.15, 0.2) is 0 Å². The Morgan fingerprint density at radius 3 is 2.41 bits per heavy atom. The summed E-state index contributed by atoms with van der Waals surface area (Å²) in [6.07, 6.45) is 8.01. The molecule has 0 N–H and O–H groups in total. The van der Waals surface area contributed by atoms with Gasteiger partial charge in [0.25, 0.3) is 5.69 Å². The summed E-state index contributed by atoms with van der Waals surface area (Å²) in [6.45, 7) is 2.54. The Kier molecular flexibility index (Phi) is 8.74. The summed E-state index contributed by atoms with van der Waals surface area (Å²) in [6, 6.07) is 4.12. The molecule has 0 saturated carbocycles. The van der Waals surface area contributed by atoms with Gasteiger partial charge in [0.1, 0.15) is 0 Å². The van der Waals surface area contributed by atoms with Crippen LogP contribution in [0, 0.1) is 10.1 Å². The molecule has 0 saturated heterocycles. The first-order valence-electron chi connectivity index (χ1n) is 7.66. The van der Waals surface area contributed by atoms with E-state index in [0.717, 1.165) is 19.3 Å². The topological polar surface area (TPSA) is 69.4 Å². The molecule has 1 aromatic carbocycles. The summed E-state index contributed by atoms with van der Waals surface area (Å²) in [5, 5.41) is 10.8. The van der Waals surface area contributed by atoms with Crippen molar-refractivity contribution >= 4 is 27.6 Å². The summed E-state index contributed by atoms with van der Waals surface area (Å²) in [4.78, 5) is 22.1. The summed E-state index contributed by atoms with van der Waals surface area (Å²) in [7, 11) is 0. The van der Waals surface area contributed by atoms with Crippen LogP contribution in [-0.4, -0.2) is 17.5 Å². The fourth-order valence-electron chi connectivity index (χ4n) is 2.10. The van der Waals surface area contributed by atoms with Crippen molar-refractivity contribution in [3.8, 4) is 0 Å². The third-order valence-electron chi connectivity index (χ3n) is 3.31. The maximum Gasteiger partial charge on any atom is 0.338 e. The number of esters is 1. The average Bonchev–Trinajstić information content (AvgIpc) is 2.49. The van der Waals surface area contributed by atoms with E-state index in [0.29, 0.717) is 11.1 Å². The predicted molar refractivity (Wildman–Crippen MR) is 89.1 cm³/mol. The first-order chi connectivity index (χ1) is 10.5. The van der Waals surface area contributed by atoms with Gasteiger partial charge in [-0.1, -0.05) is 61.4 Å². The van der Waals surface area contributed by atoms with Gasteiger partial charge in [-0.2, -0.15) is 0 Å². The van der Waals surface area contributed by atoms with E-state index >= 15 is 0 Å². The number of nitrogens with zero attached hydrogens (tertiary/aromatic N) is 1. The number of hydrogen-bond acceptors (Lipinski definition) is 4. The fraction of sp³-hybridized carbons (Fsp3) is 0.562. The Balaban J connectivity index is 2.32. The van der Waals surface area contributed by atoms with E-state index in [-0.39, 0.29) is 11.3 Å². The van der Waals surface area contributed by atoms with Gasteiger partial charge in [0.2, 0.25) is 0 Å². The Morgan fingerprint density at radius 1 is 1.14 bits per heavy atom. The van der Waals surface area contributed by atoms with Crippen molar-refractivity contribution in [1.82, 2.24) is 0 Å². The monoisotopic (exact) mass is 371 g/mol. The number of unbranched alkanes of at least 4 members (excludes halogenated alkanes) is 6. The SMILES string of the molecule is CCCCCCCCCOC(=O)c1cc(Br)cc([N+](=O)[O-])c1. The normalized spacial score (nSPS) is 10.5. The van der Waals surface area contributed by atoms with Crippen molar-refractivity contribution in [3.63, 3.8) is 0 Å². The first-order valence-corrected chi connectivity index (χ1v) is 8.46. The van der Waals surface area contributed by atoms with Crippen molar-refractivity contribution in [3.05, 3.63) is 38.3 Å². The third-order valence-corrected chi connectivity index (χ3v) is 3.77. The van der Waals surface area contributed by atoms with Gasteiger partial charge in [0, 0.05) is 16.6 Å². The highest BCUT2D eigenvalue weighted by Crippen LogP contribution is 2.22. The highest BCUT2D eigenvalue weighted by Gasteiger charge is 2.14. The molecular formula is C16H22BrNO4. The minimum atomic E-state index is -0.530. The Hall–Kier alpha value is -1.43. The van der Waals surface area contributed by atoms with E-state index in [1.165, 1.54) is 43.9 Å². The average molecular weight is 372 g/mol. The van der Waals surface area contributed by atoms with Crippen LogP contribution in [0.25, 0.3) is 0 Å². The molecule has 0 atom stereocenters. The molecule has 122 valence electrons. The van der Waals surface area contributed by atoms with Crippen LogP contribution in [0.5, 0.6) is 0 Å². The van der Waals surface area contributed by atoms with Gasteiger partial charge < -0.3 is 4.74 Å². The van der Waals surface area contributed by atoms with E-state index in [2.05, 4.69) is 22.9 Å². The van der Waals surface area contributed by atoms with Crippen LogP contribution in [-0.2, 0) is 4.74 Å². The molecule has 0 aliphatic heterocycles. The Morgan fingerprint density at radius 2 is 1.77 bits per heavy atom. The lowest BCUT2D eigenvalue weighted by atomic mass is 10.1. The summed E-state index contributed by atoms with van der Waals surface area (Å²) in [5.74, 6) is -0.518. The van der Waals surface area contributed by atoms with Crippen LogP contribution < -0.4 is 0 Å². The molecule has 0 amide bonds. The number of nitro benzene ring substituents is 1. The van der Waals surface area contributed by atoms with Crippen LogP contribution in [0.2, 0.25) is 0 Å². The standard InChI is InChI=1S/C16H22BrNO4/c1-2-3-4-5-6-7-8-9-22-16(19)13-10-14(17)12-15(11-13)18(20)21/h10-12H,2-9H2,1H3. The number of halogens is 1. The second kappa shape index (κ2) is 10.3. The molecule has 6 heteroatoms. The molecule has 0 radical (unpaired) electrons. The third kappa shape index (κ3) is 7.02. The molecule has 1 aromatic rings. The minimum Gasteiger partial charge on any atom is -0.462 e. The molecule has 22 heavy (non-hydrogen) atoms. The Labute approximate surface area is 139 Å². The fourth-order valence-corrected chi connectivity index (χ4v) is 2.59. The number of non-ortho nitro benzene ring substituents is 1. The van der Waals surface area contributed by atoms with Crippen molar-refractivity contribution in [2.24, 2.45) is 0 Å². The first kappa shape index (κ1) is 18.6. The molecule has 0 aliphatic rings. The van der Waals surface area contributed by atoms with E-state index in [1.807, 2.05) is 0 Å². The van der Waals surface area contributed by atoms with E-state index in [1.54, 1.807) is 0 Å². The number of ether oxygens (including phenoxy) is 1. The lowest BCUT2D eigenvalue weighted by Crippen LogP contribution is -2.07. The number of carbonyl (C=O) groups excluding carboxylic acids is 1. The van der Waals surface area contributed by atoms with Crippen LogP contribution in [0.15, 0.2) is 22.7 Å². The Bertz CT molecular complexity index is 505. The maximum absolute atomic E-state index is 11.9. The molecular weight excluding hydrogens is 350 g/mol. The number of carbonyl (C=O) groups is 1. The summed E-state index contributed by atoms with van der Waals surface area (Å²) < 4.78 is 5.65. The zero-order valence-electron chi connectivity index (χ0n) is 12.8. The van der Waals surface area contributed by atoms with Gasteiger partial charge in [-0.3, -0.25) is 10.1 Å². The van der Waals surface area contributed by atoms with Crippen LogP contribution in [0.1, 0.15) is 62.2 Å². The van der Waals surface area contributed by atoms with Crippen LogP contribution in [0.4, 0.5) is 5.69 Å². The van der Waals surface area contributed by atoms with Gasteiger partial charge in [-0.15, -0.1) is 0 Å². The zero-order chi connectivity index (χ0) is 16.4. The highest BCUT2D eigenvalue weighted by atomic mass is 79.9. The van der Waals surface area contributed by atoms with Gasteiger partial charge in [-0.05, 0) is 12.5 Å². The molecule has 5 nitrogen and oxygen atoms in total. The van der Waals surface area contributed by atoms with E-state index in [4.69, 9.17) is 4.74 Å². The smallest absolute Gasteiger partial charge is 0.338 e. The lowest BCUT2D eigenvalue weighted by Gasteiger charge is -2.05. The zero-order valence-corrected chi connectivity index (χ0v) is 14.4. The molecule has 0 aromatic heterocycles. The summed E-state index contributed by atoms with van der Waals surface area (Å²) >= 11 is 3.16.